The van der Waals surface area contributed by atoms with Gasteiger partial charge in [-0.2, -0.15) is 18.3 Å². The highest BCUT2D eigenvalue weighted by Crippen LogP contribution is 2.44. The molecule has 35 heavy (non-hydrogen) atoms. The highest BCUT2D eigenvalue weighted by molar-refractivity contribution is 8.01. The van der Waals surface area contributed by atoms with Gasteiger partial charge in [0.25, 0.3) is 0 Å². The highest BCUT2D eigenvalue weighted by Gasteiger charge is 2.40. The molecule has 4 nitrogen and oxygen atoms in total. The van der Waals surface area contributed by atoms with Crippen molar-refractivity contribution in [3.63, 3.8) is 0 Å². The second kappa shape index (κ2) is 9.89. The molecule has 0 fully saturated rings. The lowest BCUT2D eigenvalue weighted by Gasteiger charge is -2.23. The van der Waals surface area contributed by atoms with Gasteiger partial charge in [-0.1, -0.05) is 43.4 Å². The van der Waals surface area contributed by atoms with E-state index in [-0.39, 0.29) is 30.3 Å². The molecule has 0 N–H and O–H groups in total. The summed E-state index contributed by atoms with van der Waals surface area (Å²) in [6, 6.07) is 5.99. The number of benzene rings is 1. The van der Waals surface area contributed by atoms with E-state index in [1.807, 2.05) is 13.8 Å². The number of rotatable bonds is 6. The second-order valence-electron chi connectivity index (χ2n) is 8.83. The Hall–Kier alpha value is -2.46. The van der Waals surface area contributed by atoms with Gasteiger partial charge in [-0.15, -0.1) is 11.8 Å². The summed E-state index contributed by atoms with van der Waals surface area (Å²) in [5.41, 5.74) is 3.37. The van der Waals surface area contributed by atoms with Crippen LogP contribution in [0.1, 0.15) is 61.9 Å². The molecule has 0 saturated carbocycles. The summed E-state index contributed by atoms with van der Waals surface area (Å²) in [7, 11) is 0. The number of allylic oxidation sites excluding steroid dienone is 2. The van der Waals surface area contributed by atoms with Crippen molar-refractivity contribution < 1.29 is 22.4 Å². The Labute approximate surface area is 209 Å². The molecule has 1 atom stereocenters. The average Bonchev–Trinajstić information content (AvgIpc) is 3.33. The van der Waals surface area contributed by atoms with Crippen LogP contribution in [0.5, 0.6) is 0 Å². The summed E-state index contributed by atoms with van der Waals surface area (Å²) in [6.45, 7) is 7.24. The van der Waals surface area contributed by atoms with E-state index in [2.05, 4.69) is 5.10 Å². The number of carbonyl (C=O) groups excluding carboxylic acids is 1. The molecule has 2 aromatic heterocycles. The Morgan fingerprint density at radius 2 is 2.03 bits per heavy atom. The molecule has 0 spiro atoms. The quantitative estimate of drug-likeness (QED) is 0.187. The van der Waals surface area contributed by atoms with E-state index < -0.39 is 17.9 Å². The summed E-state index contributed by atoms with van der Waals surface area (Å²) in [5, 5.41) is 5.26. The fourth-order valence-electron chi connectivity index (χ4n) is 4.21. The summed E-state index contributed by atoms with van der Waals surface area (Å²) in [5.74, 6) is -2.00. The predicted molar refractivity (Wildman–Crippen MR) is 132 cm³/mol. The van der Waals surface area contributed by atoms with Crippen LogP contribution in [0.25, 0.3) is 21.8 Å². The Morgan fingerprint density at radius 3 is 2.60 bits per heavy atom. The minimum Gasteiger partial charge on any atom is -0.293 e. The molecule has 4 rings (SSSR count). The molecule has 1 aromatic carbocycles. The maximum Gasteiger partial charge on any atom is 0.392 e. The first-order valence-corrected chi connectivity index (χ1v) is 13.0. The molecule has 0 radical (unpaired) electrons. The molecule has 3 aromatic rings. The van der Waals surface area contributed by atoms with Crippen LogP contribution in [0, 0.1) is 18.7 Å². The predicted octanol–water partition coefficient (Wildman–Crippen LogP) is 7.89. The fourth-order valence-corrected chi connectivity index (χ4v) is 6.71. The molecule has 1 aliphatic carbocycles. The van der Waals surface area contributed by atoms with Crippen LogP contribution in [0.15, 0.2) is 34.6 Å². The number of alkyl halides is 3. The molecular formula is C25H25F4N3OS2. The largest absolute Gasteiger partial charge is 0.392 e. The van der Waals surface area contributed by atoms with E-state index >= 15 is 0 Å². The SMILES string of the molecule is CC(=O)c1c(-c2cccc(F)c2)c(C)nn1-c1nc(C2=CCC(C(F)(F)F)CC2)c(SC(C)C)s1. The topological polar surface area (TPSA) is 47.8 Å². The normalized spacial score (nSPS) is 16.6. The Balaban J connectivity index is 1.82. The van der Waals surface area contributed by atoms with Crippen LogP contribution in [0.4, 0.5) is 17.6 Å². The van der Waals surface area contributed by atoms with Crippen molar-refractivity contribution in [1.82, 2.24) is 14.8 Å². The van der Waals surface area contributed by atoms with Crippen molar-refractivity contribution in [3.8, 4) is 16.3 Å². The number of ketones is 1. The highest BCUT2D eigenvalue weighted by atomic mass is 32.2. The van der Waals surface area contributed by atoms with Crippen LogP contribution in [-0.4, -0.2) is 32.0 Å². The van der Waals surface area contributed by atoms with E-state index in [1.165, 1.54) is 35.1 Å². The molecule has 0 saturated heterocycles. The van der Waals surface area contributed by atoms with E-state index in [0.717, 1.165) is 9.78 Å². The molecule has 186 valence electrons. The van der Waals surface area contributed by atoms with Gasteiger partial charge in [0, 0.05) is 17.7 Å². The number of aromatic nitrogens is 3. The van der Waals surface area contributed by atoms with Crippen molar-refractivity contribution >= 4 is 34.5 Å². The Bertz CT molecular complexity index is 1290. The van der Waals surface area contributed by atoms with E-state index in [0.29, 0.717) is 33.3 Å². The van der Waals surface area contributed by atoms with Gasteiger partial charge in [-0.3, -0.25) is 4.79 Å². The van der Waals surface area contributed by atoms with Gasteiger partial charge >= 0.3 is 6.18 Å². The number of halogens is 4. The van der Waals surface area contributed by atoms with Gasteiger partial charge in [0.15, 0.2) is 5.78 Å². The lowest BCUT2D eigenvalue weighted by atomic mass is 9.88. The summed E-state index contributed by atoms with van der Waals surface area (Å²) >= 11 is 2.94. The first kappa shape index (κ1) is 25.6. The third kappa shape index (κ3) is 5.38. The van der Waals surface area contributed by atoms with Gasteiger partial charge in [0.1, 0.15) is 11.5 Å². The lowest BCUT2D eigenvalue weighted by molar-refractivity contribution is -0.175. The van der Waals surface area contributed by atoms with E-state index in [4.69, 9.17) is 4.98 Å². The smallest absolute Gasteiger partial charge is 0.293 e. The van der Waals surface area contributed by atoms with Gasteiger partial charge < -0.3 is 0 Å². The second-order valence-corrected chi connectivity index (χ2v) is 11.7. The zero-order valence-corrected chi connectivity index (χ0v) is 21.4. The van der Waals surface area contributed by atoms with Crippen molar-refractivity contribution in [2.75, 3.05) is 0 Å². The third-order valence-corrected chi connectivity index (χ3v) is 8.04. The Kier molecular flexibility index (Phi) is 7.24. The van der Waals surface area contributed by atoms with Gasteiger partial charge in [0.2, 0.25) is 5.13 Å². The van der Waals surface area contributed by atoms with Crippen LogP contribution in [-0.2, 0) is 0 Å². The van der Waals surface area contributed by atoms with Crippen LogP contribution < -0.4 is 0 Å². The van der Waals surface area contributed by atoms with Gasteiger partial charge in [-0.05, 0) is 49.5 Å². The maximum absolute atomic E-state index is 13.9. The lowest BCUT2D eigenvalue weighted by Crippen LogP contribution is -2.24. The molecule has 10 heteroatoms. The number of Topliss-reactive ketones (excluding diaryl/α,β-unsaturated/α-hetero) is 1. The zero-order valence-electron chi connectivity index (χ0n) is 19.7. The molecule has 0 amide bonds. The average molecular weight is 524 g/mol. The van der Waals surface area contributed by atoms with Crippen molar-refractivity contribution in [1.29, 1.82) is 0 Å². The van der Waals surface area contributed by atoms with E-state index in [1.54, 1.807) is 36.9 Å². The molecule has 1 aliphatic rings. The molecule has 1 unspecified atom stereocenters. The molecule has 2 heterocycles. The zero-order chi connectivity index (χ0) is 25.5. The van der Waals surface area contributed by atoms with Crippen LogP contribution >= 0.6 is 23.1 Å². The van der Waals surface area contributed by atoms with Crippen LogP contribution in [0.2, 0.25) is 0 Å². The fraction of sp³-hybridized carbons (Fsp3) is 0.400. The maximum atomic E-state index is 13.9. The first-order chi connectivity index (χ1) is 16.5. The molecule has 0 bridgehead atoms. The van der Waals surface area contributed by atoms with Crippen molar-refractivity contribution in [2.45, 2.75) is 62.6 Å². The minimum absolute atomic E-state index is 0.0251. The monoisotopic (exact) mass is 523 g/mol. The number of aryl methyl sites for hydroxylation is 1. The summed E-state index contributed by atoms with van der Waals surface area (Å²) in [4.78, 5) is 17.5. The molecular weight excluding hydrogens is 498 g/mol. The van der Waals surface area contributed by atoms with Gasteiger partial charge in [-0.25, -0.2) is 14.1 Å². The number of thiazole rings is 1. The minimum atomic E-state index is -4.21. The Morgan fingerprint density at radius 1 is 1.29 bits per heavy atom. The number of thioether (sulfide) groups is 1. The summed E-state index contributed by atoms with van der Waals surface area (Å²) in [6.07, 6.45) is -2.33. The number of carbonyl (C=O) groups is 1. The number of hydrogen-bond donors (Lipinski definition) is 0. The van der Waals surface area contributed by atoms with Crippen molar-refractivity contribution in [3.05, 3.63) is 53.2 Å². The van der Waals surface area contributed by atoms with Crippen molar-refractivity contribution in [2.24, 2.45) is 5.92 Å². The molecule has 0 aliphatic heterocycles. The van der Waals surface area contributed by atoms with Crippen LogP contribution in [0.3, 0.4) is 0 Å². The number of nitrogens with zero attached hydrogens (tertiary/aromatic N) is 3. The van der Waals surface area contributed by atoms with E-state index in [9.17, 15) is 22.4 Å². The first-order valence-electron chi connectivity index (χ1n) is 11.3. The summed E-state index contributed by atoms with van der Waals surface area (Å²) < 4.78 is 55.8. The van der Waals surface area contributed by atoms with Gasteiger partial charge in [0.05, 0.1) is 21.5 Å². The standard InChI is InChI=1S/C25H25F4N3OS2/c1-13(2)34-23-21(16-8-10-18(11-9-16)25(27,28)29)30-24(35-23)32-22(15(4)33)20(14(3)31-32)17-6-5-7-19(26)12-17/h5-8,12-13,18H,9-11H2,1-4H3. The third-order valence-electron chi connectivity index (χ3n) is 5.79. The number of hydrogen-bond acceptors (Lipinski definition) is 5.